The summed E-state index contributed by atoms with van der Waals surface area (Å²) in [4.78, 5) is 25.6. The van der Waals surface area contributed by atoms with Crippen molar-refractivity contribution in [3.8, 4) is 0 Å². The summed E-state index contributed by atoms with van der Waals surface area (Å²) in [6.45, 7) is 2.46. The first-order valence-electron chi connectivity index (χ1n) is 4.97. The van der Waals surface area contributed by atoms with Crippen LogP contribution in [0.2, 0.25) is 0 Å². The maximum Gasteiger partial charge on any atom is 0.244 e. The number of tetrazole rings is 1. The fraction of sp³-hybridized carbons (Fsp3) is 0.625. The minimum atomic E-state index is -0.0298. The van der Waals surface area contributed by atoms with Crippen molar-refractivity contribution in [2.75, 3.05) is 26.2 Å². The highest BCUT2D eigenvalue weighted by Crippen LogP contribution is 2.00. The van der Waals surface area contributed by atoms with Gasteiger partial charge in [-0.1, -0.05) is 0 Å². The smallest absolute Gasteiger partial charge is 0.244 e. The number of amides is 2. The van der Waals surface area contributed by atoms with Crippen molar-refractivity contribution in [1.29, 1.82) is 0 Å². The molecule has 1 aromatic heterocycles. The molecule has 86 valence electrons. The molecule has 1 aliphatic heterocycles. The molecule has 8 nitrogen and oxygen atoms in total. The zero-order valence-electron chi connectivity index (χ0n) is 8.69. The molecule has 1 aliphatic rings. The molecule has 1 aromatic rings. The van der Waals surface area contributed by atoms with Gasteiger partial charge in [-0.05, 0) is 10.4 Å². The van der Waals surface area contributed by atoms with E-state index in [0.717, 1.165) is 6.41 Å². The van der Waals surface area contributed by atoms with Crippen molar-refractivity contribution < 1.29 is 9.59 Å². The standard InChI is InChI=1S/C8H12N6O2/c15-7-12-1-3-13(4-2-12)8(16)5-14-6-9-10-11-14/h6-7H,1-5H2. The maximum atomic E-state index is 11.8. The van der Waals surface area contributed by atoms with Gasteiger partial charge in [0.2, 0.25) is 12.3 Å². The van der Waals surface area contributed by atoms with Crippen LogP contribution in [0.25, 0.3) is 0 Å². The van der Waals surface area contributed by atoms with Gasteiger partial charge in [0, 0.05) is 26.2 Å². The highest BCUT2D eigenvalue weighted by molar-refractivity contribution is 5.76. The summed E-state index contributed by atoms with van der Waals surface area (Å²) in [7, 11) is 0. The Kier molecular flexibility index (Phi) is 3.08. The third-order valence-electron chi connectivity index (χ3n) is 2.50. The van der Waals surface area contributed by atoms with Crippen LogP contribution in [-0.2, 0) is 16.1 Å². The summed E-state index contributed by atoms with van der Waals surface area (Å²) in [6.07, 6.45) is 2.21. The van der Waals surface area contributed by atoms with Crippen LogP contribution in [0.5, 0.6) is 0 Å². The molecule has 16 heavy (non-hydrogen) atoms. The van der Waals surface area contributed by atoms with E-state index in [2.05, 4.69) is 15.5 Å². The highest BCUT2D eigenvalue weighted by Gasteiger charge is 2.20. The van der Waals surface area contributed by atoms with Gasteiger partial charge >= 0.3 is 0 Å². The lowest BCUT2D eigenvalue weighted by atomic mass is 10.3. The average Bonchev–Trinajstić information content (AvgIpc) is 2.82. The van der Waals surface area contributed by atoms with E-state index in [1.54, 1.807) is 9.80 Å². The van der Waals surface area contributed by atoms with Crippen LogP contribution in [0.4, 0.5) is 0 Å². The Morgan fingerprint density at radius 1 is 1.31 bits per heavy atom. The molecule has 2 heterocycles. The van der Waals surface area contributed by atoms with Gasteiger partial charge in [-0.25, -0.2) is 4.68 Å². The van der Waals surface area contributed by atoms with Crippen molar-refractivity contribution >= 4 is 12.3 Å². The minimum absolute atomic E-state index is 0.0298. The van der Waals surface area contributed by atoms with Gasteiger partial charge < -0.3 is 9.80 Å². The van der Waals surface area contributed by atoms with E-state index in [4.69, 9.17) is 0 Å². The molecular weight excluding hydrogens is 212 g/mol. The molecule has 1 saturated heterocycles. The number of carbonyl (C=O) groups excluding carboxylic acids is 2. The molecule has 0 N–H and O–H groups in total. The normalized spacial score (nSPS) is 16.2. The van der Waals surface area contributed by atoms with E-state index in [9.17, 15) is 9.59 Å². The fourth-order valence-corrected chi connectivity index (χ4v) is 1.57. The zero-order valence-corrected chi connectivity index (χ0v) is 8.69. The van der Waals surface area contributed by atoms with Gasteiger partial charge in [-0.2, -0.15) is 0 Å². The number of hydrogen-bond donors (Lipinski definition) is 0. The van der Waals surface area contributed by atoms with E-state index in [-0.39, 0.29) is 12.5 Å². The predicted octanol–water partition coefficient (Wildman–Crippen LogP) is -2.03. The number of nitrogens with zero attached hydrogens (tertiary/aromatic N) is 6. The molecule has 0 bridgehead atoms. The summed E-state index contributed by atoms with van der Waals surface area (Å²) >= 11 is 0. The molecule has 8 heteroatoms. The lowest BCUT2D eigenvalue weighted by Crippen LogP contribution is -2.49. The van der Waals surface area contributed by atoms with Gasteiger partial charge in [0.25, 0.3) is 0 Å². The second kappa shape index (κ2) is 4.69. The average molecular weight is 224 g/mol. The number of rotatable bonds is 3. The molecular formula is C8H12N6O2. The van der Waals surface area contributed by atoms with Crippen LogP contribution >= 0.6 is 0 Å². The Balaban J connectivity index is 1.84. The molecule has 0 aromatic carbocycles. The third-order valence-corrected chi connectivity index (χ3v) is 2.50. The maximum absolute atomic E-state index is 11.8. The molecule has 0 saturated carbocycles. The van der Waals surface area contributed by atoms with Gasteiger partial charge in [0.05, 0.1) is 0 Å². The zero-order chi connectivity index (χ0) is 11.4. The lowest BCUT2D eigenvalue weighted by Gasteiger charge is -2.32. The number of piperazine rings is 1. The first kappa shape index (κ1) is 10.5. The molecule has 2 rings (SSSR count). The van der Waals surface area contributed by atoms with Crippen LogP contribution in [-0.4, -0.2) is 68.5 Å². The molecule has 0 aliphatic carbocycles. The van der Waals surface area contributed by atoms with Crippen molar-refractivity contribution in [3.63, 3.8) is 0 Å². The van der Waals surface area contributed by atoms with Gasteiger partial charge in [-0.15, -0.1) is 5.10 Å². The highest BCUT2D eigenvalue weighted by atomic mass is 16.2. The first-order valence-corrected chi connectivity index (χ1v) is 4.97. The summed E-state index contributed by atoms with van der Waals surface area (Å²) < 4.78 is 1.38. The van der Waals surface area contributed by atoms with E-state index < -0.39 is 0 Å². The molecule has 0 spiro atoms. The quantitative estimate of drug-likeness (QED) is 0.553. The number of aromatic nitrogens is 4. The van der Waals surface area contributed by atoms with Crippen LogP contribution in [0.3, 0.4) is 0 Å². The van der Waals surface area contributed by atoms with E-state index >= 15 is 0 Å². The van der Waals surface area contributed by atoms with E-state index in [1.165, 1.54) is 11.0 Å². The molecule has 1 fully saturated rings. The predicted molar refractivity (Wildman–Crippen MR) is 52.0 cm³/mol. The van der Waals surface area contributed by atoms with E-state index in [0.29, 0.717) is 26.2 Å². The topological polar surface area (TPSA) is 84.2 Å². The summed E-state index contributed by atoms with van der Waals surface area (Å²) in [5, 5.41) is 10.5. The number of carbonyl (C=O) groups is 2. The second-order valence-corrected chi connectivity index (χ2v) is 3.53. The minimum Gasteiger partial charge on any atom is -0.342 e. The monoisotopic (exact) mass is 224 g/mol. The fourth-order valence-electron chi connectivity index (χ4n) is 1.57. The summed E-state index contributed by atoms with van der Waals surface area (Å²) in [6, 6.07) is 0. The van der Waals surface area contributed by atoms with Crippen molar-refractivity contribution in [3.05, 3.63) is 6.33 Å². The first-order chi connectivity index (χ1) is 7.79. The molecule has 0 atom stereocenters. The second-order valence-electron chi connectivity index (χ2n) is 3.53. The largest absolute Gasteiger partial charge is 0.342 e. The Morgan fingerprint density at radius 3 is 2.62 bits per heavy atom. The third kappa shape index (κ3) is 2.33. The van der Waals surface area contributed by atoms with Crippen LogP contribution < -0.4 is 0 Å². The van der Waals surface area contributed by atoms with Gasteiger partial charge in [-0.3, -0.25) is 9.59 Å². The molecule has 0 unspecified atom stereocenters. The Morgan fingerprint density at radius 2 is 2.06 bits per heavy atom. The lowest BCUT2D eigenvalue weighted by molar-refractivity contribution is -0.135. The summed E-state index contributed by atoms with van der Waals surface area (Å²) in [5.74, 6) is -0.0298. The van der Waals surface area contributed by atoms with Crippen molar-refractivity contribution in [1.82, 2.24) is 30.0 Å². The van der Waals surface area contributed by atoms with Crippen LogP contribution in [0, 0.1) is 0 Å². The molecule has 2 amide bonds. The van der Waals surface area contributed by atoms with Gasteiger partial charge in [0.1, 0.15) is 12.9 Å². The van der Waals surface area contributed by atoms with Crippen molar-refractivity contribution in [2.45, 2.75) is 6.54 Å². The van der Waals surface area contributed by atoms with Crippen LogP contribution in [0.1, 0.15) is 0 Å². The SMILES string of the molecule is O=CN1CCN(C(=O)Cn2cnnn2)CC1. The van der Waals surface area contributed by atoms with Gasteiger partial charge in [0.15, 0.2) is 0 Å². The number of hydrogen-bond acceptors (Lipinski definition) is 5. The summed E-state index contributed by atoms with van der Waals surface area (Å²) in [5.41, 5.74) is 0. The Hall–Kier alpha value is -1.99. The Labute approximate surface area is 91.8 Å². The van der Waals surface area contributed by atoms with Crippen molar-refractivity contribution in [2.24, 2.45) is 0 Å². The van der Waals surface area contributed by atoms with E-state index in [1.807, 2.05) is 0 Å². The Bertz CT molecular complexity index is 357. The molecule has 0 radical (unpaired) electrons. The van der Waals surface area contributed by atoms with Crippen LogP contribution in [0.15, 0.2) is 6.33 Å².